The fraction of sp³-hybridized carbons (Fsp3) is 0.148. The zero-order valence-corrected chi connectivity index (χ0v) is 17.1. The summed E-state index contributed by atoms with van der Waals surface area (Å²) in [5, 5.41) is 4.90. The van der Waals surface area contributed by atoms with E-state index >= 15 is 0 Å². The van der Waals surface area contributed by atoms with E-state index in [2.05, 4.69) is 81.5 Å². The van der Waals surface area contributed by atoms with Crippen molar-refractivity contribution in [2.45, 2.75) is 6.54 Å². The van der Waals surface area contributed by atoms with Crippen molar-refractivity contribution in [3.05, 3.63) is 95.1 Å². The molecule has 0 radical (unpaired) electrons. The third kappa shape index (κ3) is 3.92. The van der Waals surface area contributed by atoms with Crippen LogP contribution in [-0.2, 0) is 6.54 Å². The van der Waals surface area contributed by atoms with Gasteiger partial charge in [0.15, 0.2) is 0 Å². The number of hydrogen-bond acceptors (Lipinski definition) is 1. The summed E-state index contributed by atoms with van der Waals surface area (Å²) in [7, 11) is 6.67. The Kier molecular flexibility index (Phi) is 4.92. The largest absolute Gasteiger partial charge is 0.327 e. The first-order chi connectivity index (χ1) is 14.0. The van der Waals surface area contributed by atoms with Gasteiger partial charge in [-0.15, -0.1) is 0 Å². The number of nitrogens with zero attached hydrogens (tertiary/aromatic N) is 1. The lowest BCUT2D eigenvalue weighted by molar-refractivity contribution is -0.883. The maximum Gasteiger partial charge on any atom is 0.150 e. The molecule has 0 aliphatic heterocycles. The van der Waals surface area contributed by atoms with E-state index in [1.807, 2.05) is 12.1 Å². The molecule has 4 aromatic carbocycles. The van der Waals surface area contributed by atoms with Gasteiger partial charge in [-0.3, -0.25) is 4.79 Å². The van der Waals surface area contributed by atoms with Crippen LogP contribution in [0.15, 0.2) is 72.8 Å². The van der Waals surface area contributed by atoms with E-state index in [-0.39, 0.29) is 0 Å². The van der Waals surface area contributed by atoms with Crippen molar-refractivity contribution in [3.8, 4) is 11.8 Å². The second kappa shape index (κ2) is 7.54. The van der Waals surface area contributed by atoms with Crippen molar-refractivity contribution in [3.63, 3.8) is 0 Å². The van der Waals surface area contributed by atoms with Gasteiger partial charge in [-0.05, 0) is 33.7 Å². The van der Waals surface area contributed by atoms with Crippen molar-refractivity contribution in [1.82, 2.24) is 0 Å². The Hall–Kier alpha value is -3.41. The fourth-order valence-electron chi connectivity index (χ4n) is 3.78. The average molecular weight is 378 g/mol. The molecule has 0 atom stereocenters. The Morgan fingerprint density at radius 3 is 1.72 bits per heavy atom. The quantitative estimate of drug-likeness (QED) is 0.202. The van der Waals surface area contributed by atoms with Crippen LogP contribution in [0.5, 0.6) is 0 Å². The van der Waals surface area contributed by atoms with Crippen molar-refractivity contribution >= 4 is 27.8 Å². The van der Waals surface area contributed by atoms with E-state index in [1.165, 1.54) is 27.1 Å². The maximum atomic E-state index is 10.9. The monoisotopic (exact) mass is 378 g/mol. The predicted octanol–water partition coefficient (Wildman–Crippen LogP) is 5.41. The lowest BCUT2D eigenvalue weighted by atomic mass is 9.91. The summed E-state index contributed by atoms with van der Waals surface area (Å²) in [5.41, 5.74) is 3.99. The number of hydrogen-bond donors (Lipinski definition) is 0. The number of aldehydes is 1. The Morgan fingerprint density at radius 1 is 0.724 bits per heavy atom. The van der Waals surface area contributed by atoms with Gasteiger partial charge in [-0.25, -0.2) is 0 Å². The molecule has 0 fully saturated rings. The first kappa shape index (κ1) is 18.9. The van der Waals surface area contributed by atoms with Gasteiger partial charge in [0.25, 0.3) is 0 Å². The molecular formula is C27H24NO+. The summed E-state index contributed by atoms with van der Waals surface area (Å²) in [6, 6.07) is 24.5. The van der Waals surface area contributed by atoms with Crippen LogP contribution in [0.25, 0.3) is 21.5 Å². The molecule has 0 saturated heterocycles. The van der Waals surface area contributed by atoms with Gasteiger partial charge in [0.2, 0.25) is 0 Å². The fourth-order valence-corrected chi connectivity index (χ4v) is 3.78. The molecule has 0 aliphatic rings. The highest BCUT2D eigenvalue weighted by Gasteiger charge is 2.17. The van der Waals surface area contributed by atoms with E-state index in [1.54, 1.807) is 12.1 Å². The molecule has 4 rings (SSSR count). The molecule has 0 aromatic heterocycles. The van der Waals surface area contributed by atoms with Crippen LogP contribution < -0.4 is 0 Å². The lowest BCUT2D eigenvalue weighted by Gasteiger charge is -2.26. The number of carbonyl (C=O) groups is 1. The molecule has 2 nitrogen and oxygen atoms in total. The van der Waals surface area contributed by atoms with Gasteiger partial charge in [0, 0.05) is 22.3 Å². The Labute approximate surface area is 172 Å². The van der Waals surface area contributed by atoms with Crippen molar-refractivity contribution in [2.75, 3.05) is 21.1 Å². The van der Waals surface area contributed by atoms with Gasteiger partial charge in [0.1, 0.15) is 12.8 Å². The molecule has 0 saturated carbocycles. The van der Waals surface area contributed by atoms with Gasteiger partial charge in [-0.1, -0.05) is 72.5 Å². The number of carbonyl (C=O) groups excluding carboxylic acids is 1. The minimum atomic E-state index is 0.663. The van der Waals surface area contributed by atoms with Gasteiger partial charge in [-0.2, -0.15) is 0 Å². The van der Waals surface area contributed by atoms with Gasteiger partial charge in [0.05, 0.1) is 21.1 Å². The number of rotatable bonds is 3. The first-order valence-corrected chi connectivity index (χ1v) is 9.76. The zero-order valence-electron chi connectivity index (χ0n) is 17.1. The molecular weight excluding hydrogens is 354 g/mol. The van der Waals surface area contributed by atoms with Crippen LogP contribution in [0.2, 0.25) is 0 Å². The standard InChI is InChI=1S/C27H24NO/c1-28(2,3)18-27-24-10-6-4-8-22(24)26(23-9-5-7-11-25(23)27)17-16-20-12-14-21(19-29)15-13-20/h4-15,19H,18H2,1-3H3/q+1. The van der Waals surface area contributed by atoms with Crippen LogP contribution in [0.4, 0.5) is 0 Å². The Bertz CT molecular complexity index is 1210. The van der Waals surface area contributed by atoms with Crippen LogP contribution in [-0.4, -0.2) is 31.9 Å². The molecule has 2 heteroatoms. The summed E-state index contributed by atoms with van der Waals surface area (Å²) in [4.78, 5) is 10.9. The normalized spacial score (nSPS) is 11.3. The summed E-state index contributed by atoms with van der Waals surface area (Å²) in [6.45, 7) is 0.946. The molecule has 0 spiro atoms. The van der Waals surface area contributed by atoms with Crippen molar-refractivity contribution in [1.29, 1.82) is 0 Å². The molecule has 0 heterocycles. The van der Waals surface area contributed by atoms with E-state index in [0.29, 0.717) is 5.56 Å². The first-order valence-electron chi connectivity index (χ1n) is 9.76. The highest BCUT2D eigenvalue weighted by atomic mass is 16.1. The molecule has 142 valence electrons. The predicted molar refractivity (Wildman–Crippen MR) is 121 cm³/mol. The minimum absolute atomic E-state index is 0.663. The van der Waals surface area contributed by atoms with Crippen LogP contribution in [0.1, 0.15) is 27.0 Å². The smallest absolute Gasteiger partial charge is 0.150 e. The van der Waals surface area contributed by atoms with Gasteiger partial charge < -0.3 is 4.48 Å². The SMILES string of the molecule is C[N+](C)(C)Cc1c2ccccc2c(C#Cc2ccc(C=O)cc2)c2ccccc12. The number of quaternary nitrogens is 1. The third-order valence-electron chi connectivity index (χ3n) is 5.05. The summed E-state index contributed by atoms with van der Waals surface area (Å²) in [5.74, 6) is 6.73. The highest BCUT2D eigenvalue weighted by Crippen LogP contribution is 2.33. The van der Waals surface area contributed by atoms with E-state index in [0.717, 1.165) is 28.4 Å². The second-order valence-corrected chi connectivity index (χ2v) is 8.38. The molecule has 0 N–H and O–H groups in total. The molecule has 0 amide bonds. The number of fused-ring (bicyclic) bond motifs is 2. The highest BCUT2D eigenvalue weighted by molar-refractivity contribution is 6.07. The molecule has 0 unspecified atom stereocenters. The average Bonchev–Trinajstić information content (AvgIpc) is 2.73. The van der Waals surface area contributed by atoms with E-state index in [9.17, 15) is 4.79 Å². The van der Waals surface area contributed by atoms with Crippen molar-refractivity contribution < 1.29 is 9.28 Å². The maximum absolute atomic E-state index is 10.9. The molecule has 0 bridgehead atoms. The lowest BCUT2D eigenvalue weighted by Crippen LogP contribution is -2.33. The van der Waals surface area contributed by atoms with Gasteiger partial charge >= 0.3 is 0 Å². The van der Waals surface area contributed by atoms with Crippen LogP contribution >= 0.6 is 0 Å². The topological polar surface area (TPSA) is 17.1 Å². The minimum Gasteiger partial charge on any atom is -0.327 e. The van der Waals surface area contributed by atoms with Crippen molar-refractivity contribution in [2.24, 2.45) is 0 Å². The van der Waals surface area contributed by atoms with E-state index < -0.39 is 0 Å². The zero-order chi connectivity index (χ0) is 20.4. The Balaban J connectivity index is 1.98. The Morgan fingerprint density at radius 2 is 1.24 bits per heavy atom. The third-order valence-corrected chi connectivity index (χ3v) is 5.05. The van der Waals surface area contributed by atoms with E-state index in [4.69, 9.17) is 0 Å². The summed E-state index contributed by atoms with van der Waals surface area (Å²) in [6.07, 6.45) is 0.852. The van der Waals surface area contributed by atoms with Crippen LogP contribution in [0.3, 0.4) is 0 Å². The summed E-state index contributed by atoms with van der Waals surface area (Å²) >= 11 is 0. The molecule has 29 heavy (non-hydrogen) atoms. The molecule has 0 aliphatic carbocycles. The second-order valence-electron chi connectivity index (χ2n) is 8.38. The summed E-state index contributed by atoms with van der Waals surface area (Å²) < 4.78 is 0.863. The molecule has 4 aromatic rings. The van der Waals surface area contributed by atoms with Crippen LogP contribution in [0, 0.1) is 11.8 Å². The number of benzene rings is 4.